The maximum atomic E-state index is 10.5. The van der Waals surface area contributed by atoms with Gasteiger partial charge in [0.2, 0.25) is 0 Å². The number of nitrogens with one attached hydrogen (secondary N) is 1. The maximum Gasteiger partial charge on any atom is 0.265 e. The number of aliphatic hydroxyl groups is 1. The Morgan fingerprint density at radius 1 is 1.91 bits per heavy atom. The molecule has 1 amide bonds. The van der Waals surface area contributed by atoms with Gasteiger partial charge in [0.1, 0.15) is 6.10 Å². The van der Waals surface area contributed by atoms with E-state index in [0.29, 0.717) is 0 Å². The highest BCUT2D eigenvalue weighted by Gasteiger charge is 2.22. The van der Waals surface area contributed by atoms with E-state index in [9.17, 15) is 4.79 Å². The molecule has 0 saturated heterocycles. The number of carbonyl (C=O) groups is 1. The average molecular weight is 159 g/mol. The van der Waals surface area contributed by atoms with Gasteiger partial charge in [0.05, 0.1) is 0 Å². The number of aliphatic hydroxyl groups excluding tert-OH is 1. The summed E-state index contributed by atoms with van der Waals surface area (Å²) in [5.41, 5.74) is 14.7. The van der Waals surface area contributed by atoms with Crippen LogP contribution in [0.2, 0.25) is 0 Å². The lowest BCUT2D eigenvalue weighted by atomic mass is 10.2. The Labute approximate surface area is 62.8 Å². The molecule has 0 saturated carbocycles. The predicted octanol–water partition coefficient (Wildman–Crippen LogP) is -0.964. The fourth-order valence-corrected chi connectivity index (χ4v) is 0.497. The number of hydrogen-bond donors (Lipinski definition) is 3. The number of carbonyl (C=O) groups excluding carboxylic acids is 1. The van der Waals surface area contributed by atoms with Crippen LogP contribution in [-0.4, -0.2) is 23.2 Å². The van der Waals surface area contributed by atoms with Gasteiger partial charge in [-0.2, -0.15) is 4.91 Å². The first-order valence-electron chi connectivity index (χ1n) is 2.86. The first-order valence-corrected chi connectivity index (χ1v) is 2.86. The molecule has 0 aromatic heterocycles. The normalized spacial score (nSPS) is 14.4. The molecule has 7 nitrogen and oxygen atoms in total. The van der Waals surface area contributed by atoms with Crippen molar-refractivity contribution in [2.24, 2.45) is 11.0 Å². The van der Waals surface area contributed by atoms with Crippen LogP contribution in [-0.2, 0) is 4.79 Å². The minimum Gasteiger partial charge on any atom is -0.388 e. The van der Waals surface area contributed by atoms with Crippen molar-refractivity contribution >= 4 is 5.91 Å². The third-order valence-corrected chi connectivity index (χ3v) is 1.03. The monoisotopic (exact) mass is 159 g/mol. The molecule has 0 aromatic carbocycles. The molecule has 0 aliphatic carbocycles. The van der Waals surface area contributed by atoms with E-state index in [0.717, 1.165) is 0 Å². The molecule has 0 aliphatic heterocycles. The van der Waals surface area contributed by atoms with Crippen molar-refractivity contribution in [3.63, 3.8) is 0 Å². The molecule has 0 spiro atoms. The van der Waals surface area contributed by atoms with Gasteiger partial charge < -0.3 is 10.8 Å². The SMILES string of the molecule is C[C@@H](O)[C@H](NN=[N+]=[N-])C(N)=O. The number of nitrogens with two attached hydrogens (primary N) is 1. The van der Waals surface area contributed by atoms with E-state index in [1.165, 1.54) is 6.92 Å². The van der Waals surface area contributed by atoms with Crippen LogP contribution in [0.25, 0.3) is 10.4 Å². The van der Waals surface area contributed by atoms with Gasteiger partial charge in [-0.25, -0.2) is 5.43 Å². The lowest BCUT2D eigenvalue weighted by Crippen LogP contribution is -2.45. The zero-order valence-corrected chi connectivity index (χ0v) is 5.93. The zero-order valence-electron chi connectivity index (χ0n) is 5.93. The minimum atomic E-state index is -1.04. The van der Waals surface area contributed by atoms with Gasteiger partial charge in [-0.3, -0.25) is 4.79 Å². The molecule has 0 radical (unpaired) electrons. The summed E-state index contributed by atoms with van der Waals surface area (Å²) in [6.07, 6.45) is -0.988. The molecule has 0 aliphatic rings. The number of azide groups is 1. The predicted molar refractivity (Wildman–Crippen MR) is 36.9 cm³/mol. The molecule has 7 heteroatoms. The lowest BCUT2D eigenvalue weighted by Gasteiger charge is -2.10. The van der Waals surface area contributed by atoms with Crippen LogP contribution in [0.1, 0.15) is 6.92 Å². The van der Waals surface area contributed by atoms with Gasteiger partial charge in [0.15, 0.2) is 6.04 Å². The third kappa shape index (κ3) is 3.29. The Bertz CT molecular complexity index is 185. The van der Waals surface area contributed by atoms with Crippen molar-refractivity contribution in [2.75, 3.05) is 0 Å². The van der Waals surface area contributed by atoms with Gasteiger partial charge in [0.25, 0.3) is 5.91 Å². The quantitative estimate of drug-likeness (QED) is 0.211. The van der Waals surface area contributed by atoms with Crippen LogP contribution in [0.15, 0.2) is 5.22 Å². The largest absolute Gasteiger partial charge is 0.388 e. The van der Waals surface area contributed by atoms with E-state index < -0.39 is 18.1 Å². The Morgan fingerprint density at radius 3 is 2.73 bits per heavy atom. The van der Waals surface area contributed by atoms with E-state index in [-0.39, 0.29) is 0 Å². The van der Waals surface area contributed by atoms with Crippen molar-refractivity contribution < 1.29 is 9.90 Å². The molecule has 0 aromatic rings. The lowest BCUT2D eigenvalue weighted by molar-refractivity contribution is -0.122. The fourth-order valence-electron chi connectivity index (χ4n) is 0.497. The Hall–Kier alpha value is -1.46. The van der Waals surface area contributed by atoms with Crippen molar-refractivity contribution in [3.05, 3.63) is 10.4 Å². The second-order valence-corrected chi connectivity index (χ2v) is 1.94. The average Bonchev–Trinajstić information content (AvgIpc) is 1.87. The van der Waals surface area contributed by atoms with Gasteiger partial charge in [0, 0.05) is 0 Å². The Balaban J connectivity index is 4.11. The summed E-state index contributed by atoms with van der Waals surface area (Å²) in [6, 6.07) is -1.04. The summed E-state index contributed by atoms with van der Waals surface area (Å²) < 4.78 is 0. The van der Waals surface area contributed by atoms with Crippen molar-refractivity contribution in [1.82, 2.24) is 5.43 Å². The van der Waals surface area contributed by atoms with E-state index in [1.54, 1.807) is 0 Å². The van der Waals surface area contributed by atoms with Crippen LogP contribution in [0.5, 0.6) is 0 Å². The van der Waals surface area contributed by atoms with Crippen LogP contribution in [0.3, 0.4) is 0 Å². The topological polar surface area (TPSA) is 124 Å². The minimum absolute atomic E-state index is 0.771. The number of primary amides is 1. The van der Waals surface area contributed by atoms with E-state index in [4.69, 9.17) is 16.4 Å². The molecular formula is C4H9N5O2. The molecule has 2 atom stereocenters. The van der Waals surface area contributed by atoms with Crippen molar-refractivity contribution in [1.29, 1.82) is 0 Å². The fraction of sp³-hybridized carbons (Fsp3) is 0.750. The van der Waals surface area contributed by atoms with Crippen molar-refractivity contribution in [2.45, 2.75) is 19.1 Å². The van der Waals surface area contributed by atoms with Crippen LogP contribution in [0, 0.1) is 0 Å². The molecule has 4 N–H and O–H groups in total. The molecule has 0 heterocycles. The molecule has 0 unspecified atom stereocenters. The van der Waals surface area contributed by atoms with Crippen LogP contribution >= 0.6 is 0 Å². The zero-order chi connectivity index (χ0) is 8.85. The first-order chi connectivity index (χ1) is 5.09. The summed E-state index contributed by atoms with van der Waals surface area (Å²) in [5.74, 6) is -0.771. The third-order valence-electron chi connectivity index (χ3n) is 1.03. The molecule has 0 rings (SSSR count). The highest BCUT2D eigenvalue weighted by Crippen LogP contribution is 1.90. The highest BCUT2D eigenvalue weighted by molar-refractivity contribution is 5.80. The summed E-state index contributed by atoms with van der Waals surface area (Å²) in [6.45, 7) is 1.36. The molecule has 11 heavy (non-hydrogen) atoms. The van der Waals surface area contributed by atoms with E-state index >= 15 is 0 Å². The maximum absolute atomic E-state index is 10.5. The molecule has 0 bridgehead atoms. The first kappa shape index (κ1) is 9.54. The van der Waals surface area contributed by atoms with Crippen molar-refractivity contribution in [3.8, 4) is 0 Å². The van der Waals surface area contributed by atoms with Gasteiger partial charge in [-0.1, -0.05) is 0 Å². The van der Waals surface area contributed by atoms with Crippen LogP contribution < -0.4 is 11.2 Å². The van der Waals surface area contributed by atoms with E-state index in [2.05, 4.69) is 15.6 Å². The van der Waals surface area contributed by atoms with Gasteiger partial charge in [-0.05, 0) is 12.1 Å². The Kier molecular flexibility index (Phi) is 3.79. The summed E-state index contributed by atoms with van der Waals surface area (Å²) >= 11 is 0. The second kappa shape index (κ2) is 4.37. The molecule has 62 valence electrons. The highest BCUT2D eigenvalue weighted by atomic mass is 16.3. The summed E-state index contributed by atoms with van der Waals surface area (Å²) in [7, 11) is 0. The summed E-state index contributed by atoms with van der Waals surface area (Å²) in [4.78, 5) is 12.8. The van der Waals surface area contributed by atoms with Crippen LogP contribution in [0.4, 0.5) is 0 Å². The second-order valence-electron chi connectivity index (χ2n) is 1.94. The van der Waals surface area contributed by atoms with Gasteiger partial charge in [-0.15, -0.1) is 5.53 Å². The number of nitrogens with zero attached hydrogens (tertiary/aromatic N) is 3. The Morgan fingerprint density at radius 2 is 2.45 bits per heavy atom. The smallest absolute Gasteiger partial charge is 0.265 e. The molecule has 0 fully saturated rings. The molecular weight excluding hydrogens is 150 g/mol. The van der Waals surface area contributed by atoms with E-state index in [1.807, 2.05) is 0 Å². The number of rotatable bonds is 4. The summed E-state index contributed by atoms with van der Waals surface area (Å²) in [5, 5.41) is 11.7. The standard InChI is InChI=1S/C4H9N5O2/c1-2(10)3(4(5)11)7-9-8-6/h2-3,7,10H,1H3,(H2,5,11)/t2-,3+/m1/s1. The number of hydrogen-bond acceptors (Lipinski definition) is 3. The van der Waals surface area contributed by atoms with Gasteiger partial charge >= 0.3 is 0 Å². The number of amides is 1.